The lowest BCUT2D eigenvalue weighted by molar-refractivity contribution is -0.153. The molecule has 0 fully saturated rings. The summed E-state index contributed by atoms with van der Waals surface area (Å²) in [6, 6.07) is 15.3. The molecule has 10 heteroatoms. The van der Waals surface area contributed by atoms with Gasteiger partial charge in [0.05, 0.1) is 38.0 Å². The average Bonchev–Trinajstić information content (AvgIpc) is 3.29. The molecule has 0 heterocycles. The lowest BCUT2D eigenvalue weighted by atomic mass is 9.91. The standard InChI is InChI=1S/C29H25NO9/c1-36-23-10-8-17(12-20(23)15-31)26(33)30-29(28(35)38-3)14-19-6-4-5-7-22(19)25(29)39-27(34)18-9-11-24(37-2)21(13-18)16-32/h4-13,15-16,25H,14H2,1-3H3,(H,30,33). The van der Waals surface area contributed by atoms with E-state index in [0.29, 0.717) is 23.7 Å². The molecule has 1 aliphatic carbocycles. The second kappa shape index (κ2) is 11.2. The van der Waals surface area contributed by atoms with Gasteiger partial charge in [-0.25, -0.2) is 9.59 Å². The van der Waals surface area contributed by atoms with Gasteiger partial charge in [0, 0.05) is 12.0 Å². The fraction of sp³-hybridized carbons (Fsp3) is 0.207. The summed E-state index contributed by atoms with van der Waals surface area (Å²) in [7, 11) is 3.95. The first-order valence-electron chi connectivity index (χ1n) is 11.8. The highest BCUT2D eigenvalue weighted by Crippen LogP contribution is 2.43. The zero-order chi connectivity index (χ0) is 28.2. The Hall–Kier alpha value is -4.99. The van der Waals surface area contributed by atoms with Crippen molar-refractivity contribution in [2.24, 2.45) is 0 Å². The van der Waals surface area contributed by atoms with E-state index in [-0.39, 0.29) is 40.2 Å². The monoisotopic (exact) mass is 531 g/mol. The van der Waals surface area contributed by atoms with Gasteiger partial charge in [0.2, 0.25) is 0 Å². The molecule has 0 bridgehead atoms. The van der Waals surface area contributed by atoms with Gasteiger partial charge in [-0.2, -0.15) is 0 Å². The lowest BCUT2D eigenvalue weighted by Crippen LogP contribution is -2.59. The topological polar surface area (TPSA) is 134 Å². The predicted molar refractivity (Wildman–Crippen MR) is 137 cm³/mol. The van der Waals surface area contributed by atoms with Crippen molar-refractivity contribution in [1.29, 1.82) is 0 Å². The number of benzene rings is 3. The molecule has 2 atom stereocenters. The predicted octanol–water partition coefficient (Wildman–Crippen LogP) is 3.12. The van der Waals surface area contributed by atoms with Gasteiger partial charge in [0.15, 0.2) is 24.2 Å². The number of methoxy groups -OCH3 is 3. The van der Waals surface area contributed by atoms with E-state index in [1.54, 1.807) is 24.3 Å². The molecular formula is C29H25NO9. The highest BCUT2D eigenvalue weighted by molar-refractivity contribution is 6.01. The molecule has 2 unspecified atom stereocenters. The molecule has 1 N–H and O–H groups in total. The molecule has 4 rings (SSSR count). The molecule has 0 radical (unpaired) electrons. The summed E-state index contributed by atoms with van der Waals surface area (Å²) in [5.74, 6) is -1.82. The van der Waals surface area contributed by atoms with Crippen molar-refractivity contribution in [2.45, 2.75) is 18.1 Å². The summed E-state index contributed by atoms with van der Waals surface area (Å²) in [5, 5.41) is 2.72. The van der Waals surface area contributed by atoms with E-state index in [0.717, 1.165) is 7.11 Å². The summed E-state index contributed by atoms with van der Waals surface area (Å²) in [4.78, 5) is 63.0. The third kappa shape index (κ3) is 4.96. The second-order valence-electron chi connectivity index (χ2n) is 8.73. The fourth-order valence-corrected chi connectivity index (χ4v) is 4.67. The first-order chi connectivity index (χ1) is 18.8. The molecule has 10 nitrogen and oxygen atoms in total. The highest BCUT2D eigenvalue weighted by atomic mass is 16.6. The van der Waals surface area contributed by atoms with Gasteiger partial charge >= 0.3 is 11.9 Å². The van der Waals surface area contributed by atoms with E-state index in [1.807, 2.05) is 0 Å². The number of nitrogens with one attached hydrogen (secondary N) is 1. The van der Waals surface area contributed by atoms with Gasteiger partial charge in [-0.05, 0) is 47.5 Å². The maximum absolute atomic E-state index is 13.4. The third-order valence-corrected chi connectivity index (χ3v) is 6.58. The van der Waals surface area contributed by atoms with Crippen molar-refractivity contribution in [3.05, 3.63) is 94.0 Å². The SMILES string of the molecule is COC(=O)C1(NC(=O)c2ccc(OC)c(C=O)c2)Cc2ccccc2C1OC(=O)c1ccc(OC)c(C=O)c1. The molecule has 3 aromatic carbocycles. The maximum atomic E-state index is 13.4. The van der Waals surface area contributed by atoms with Crippen molar-refractivity contribution in [3.8, 4) is 11.5 Å². The normalized spacial score (nSPS) is 17.4. The molecule has 39 heavy (non-hydrogen) atoms. The largest absolute Gasteiger partial charge is 0.496 e. The van der Waals surface area contributed by atoms with E-state index in [1.165, 1.54) is 50.6 Å². The molecular weight excluding hydrogens is 506 g/mol. The third-order valence-electron chi connectivity index (χ3n) is 6.58. The Kier molecular flexibility index (Phi) is 7.75. The van der Waals surface area contributed by atoms with Gasteiger partial charge in [0.1, 0.15) is 11.5 Å². The van der Waals surface area contributed by atoms with Crippen molar-refractivity contribution in [3.63, 3.8) is 0 Å². The summed E-state index contributed by atoms with van der Waals surface area (Å²) in [6.07, 6.45) is -0.215. The van der Waals surface area contributed by atoms with E-state index >= 15 is 0 Å². The Morgan fingerprint density at radius 2 is 1.44 bits per heavy atom. The quantitative estimate of drug-likeness (QED) is 0.326. The molecule has 0 saturated heterocycles. The first-order valence-corrected chi connectivity index (χ1v) is 11.8. The summed E-state index contributed by atoms with van der Waals surface area (Å²) in [6.45, 7) is 0. The van der Waals surface area contributed by atoms with E-state index in [9.17, 15) is 24.0 Å². The Labute approximate surface area is 223 Å². The van der Waals surface area contributed by atoms with Crippen LogP contribution in [0.2, 0.25) is 0 Å². The number of amides is 1. The van der Waals surface area contributed by atoms with Gasteiger partial charge in [-0.3, -0.25) is 14.4 Å². The Morgan fingerprint density at radius 3 is 2.03 bits per heavy atom. The van der Waals surface area contributed by atoms with Crippen LogP contribution < -0.4 is 14.8 Å². The van der Waals surface area contributed by atoms with E-state index in [4.69, 9.17) is 18.9 Å². The first kappa shape index (κ1) is 27.1. The zero-order valence-corrected chi connectivity index (χ0v) is 21.4. The zero-order valence-electron chi connectivity index (χ0n) is 21.4. The minimum atomic E-state index is -1.83. The molecule has 0 aliphatic heterocycles. The van der Waals surface area contributed by atoms with Gasteiger partial charge in [-0.1, -0.05) is 24.3 Å². The second-order valence-corrected chi connectivity index (χ2v) is 8.73. The van der Waals surface area contributed by atoms with Crippen LogP contribution in [0.1, 0.15) is 58.7 Å². The lowest BCUT2D eigenvalue weighted by Gasteiger charge is -2.33. The molecule has 0 saturated carbocycles. The van der Waals surface area contributed by atoms with Crippen LogP contribution in [0, 0.1) is 0 Å². The smallest absolute Gasteiger partial charge is 0.338 e. The molecule has 1 amide bonds. The van der Waals surface area contributed by atoms with Crippen LogP contribution in [0.25, 0.3) is 0 Å². The number of hydrogen-bond acceptors (Lipinski definition) is 9. The Morgan fingerprint density at radius 1 is 0.846 bits per heavy atom. The number of rotatable bonds is 9. The van der Waals surface area contributed by atoms with Crippen LogP contribution in [-0.4, -0.2) is 57.3 Å². The van der Waals surface area contributed by atoms with Crippen LogP contribution in [-0.2, 0) is 20.7 Å². The van der Waals surface area contributed by atoms with Gasteiger partial charge < -0.3 is 24.3 Å². The average molecular weight is 532 g/mol. The van der Waals surface area contributed by atoms with Gasteiger partial charge in [-0.15, -0.1) is 0 Å². The number of hydrogen-bond donors (Lipinski definition) is 1. The Balaban J connectivity index is 1.75. The summed E-state index contributed by atoms with van der Waals surface area (Å²) < 4.78 is 21.2. The van der Waals surface area contributed by atoms with Crippen LogP contribution in [0.5, 0.6) is 11.5 Å². The molecule has 3 aromatic rings. The fourth-order valence-electron chi connectivity index (χ4n) is 4.67. The van der Waals surface area contributed by atoms with Gasteiger partial charge in [0.25, 0.3) is 5.91 Å². The summed E-state index contributed by atoms with van der Waals surface area (Å²) in [5.41, 5.74) is -0.271. The maximum Gasteiger partial charge on any atom is 0.338 e. The number of ether oxygens (including phenoxy) is 4. The summed E-state index contributed by atoms with van der Waals surface area (Å²) >= 11 is 0. The molecule has 200 valence electrons. The minimum Gasteiger partial charge on any atom is -0.496 e. The van der Waals surface area contributed by atoms with Crippen LogP contribution in [0.3, 0.4) is 0 Å². The van der Waals surface area contributed by atoms with Crippen molar-refractivity contribution < 1.29 is 42.9 Å². The van der Waals surface area contributed by atoms with E-state index in [2.05, 4.69) is 5.32 Å². The van der Waals surface area contributed by atoms with Crippen LogP contribution in [0.15, 0.2) is 60.7 Å². The van der Waals surface area contributed by atoms with Crippen molar-refractivity contribution in [2.75, 3.05) is 21.3 Å². The highest BCUT2D eigenvalue weighted by Gasteiger charge is 2.56. The number of esters is 2. The molecule has 1 aliphatic rings. The number of fused-ring (bicyclic) bond motifs is 1. The number of carbonyl (C=O) groups excluding carboxylic acids is 5. The van der Waals surface area contributed by atoms with Crippen LogP contribution in [0.4, 0.5) is 0 Å². The van der Waals surface area contributed by atoms with Crippen LogP contribution >= 0.6 is 0 Å². The number of aldehydes is 2. The van der Waals surface area contributed by atoms with Crippen molar-refractivity contribution in [1.82, 2.24) is 5.32 Å². The minimum absolute atomic E-state index is 0.0293. The molecule has 0 aromatic heterocycles. The Bertz CT molecular complexity index is 1460. The number of carbonyl (C=O) groups is 5. The van der Waals surface area contributed by atoms with Crippen molar-refractivity contribution >= 4 is 30.4 Å². The van der Waals surface area contributed by atoms with E-state index < -0.39 is 29.5 Å². The molecule has 0 spiro atoms.